The van der Waals surface area contributed by atoms with Crippen molar-refractivity contribution in [2.24, 2.45) is 0 Å². The summed E-state index contributed by atoms with van der Waals surface area (Å²) in [6.45, 7) is -1.66. The van der Waals surface area contributed by atoms with Gasteiger partial charge in [0.25, 0.3) is 0 Å². The smallest absolute Gasteiger partial charge is 0.387 e. The lowest BCUT2D eigenvalue weighted by atomic mass is 10.0. The van der Waals surface area contributed by atoms with E-state index in [1.165, 1.54) is 18.2 Å². The Kier molecular flexibility index (Phi) is 5.29. The Labute approximate surface area is 159 Å². The molecule has 2 heterocycles. The molecule has 0 radical (unpaired) electrons. The summed E-state index contributed by atoms with van der Waals surface area (Å²) in [6, 6.07) is 12.9. The zero-order chi connectivity index (χ0) is 19.5. The third-order valence-corrected chi connectivity index (χ3v) is 4.77. The van der Waals surface area contributed by atoms with E-state index in [4.69, 9.17) is 4.52 Å². The molecule has 1 atom stereocenters. The Balaban J connectivity index is 1.51. The minimum atomic E-state index is -2.94. The summed E-state index contributed by atoms with van der Waals surface area (Å²) in [7, 11) is 0. The number of rotatable bonds is 6. The normalized spacial score (nSPS) is 17.4. The van der Waals surface area contributed by atoms with Gasteiger partial charge in [-0.05, 0) is 49.2 Å². The molecule has 1 aromatic heterocycles. The van der Waals surface area contributed by atoms with Crippen molar-refractivity contribution in [2.75, 3.05) is 6.54 Å². The minimum Gasteiger partial charge on any atom is -0.434 e. The molecule has 146 valence electrons. The summed E-state index contributed by atoms with van der Waals surface area (Å²) < 4.78 is 48.3. The monoisotopic (exact) mass is 389 g/mol. The Morgan fingerprint density at radius 1 is 1.14 bits per heavy atom. The van der Waals surface area contributed by atoms with E-state index in [2.05, 4.69) is 19.8 Å². The van der Waals surface area contributed by atoms with Crippen molar-refractivity contribution >= 4 is 0 Å². The zero-order valence-corrected chi connectivity index (χ0v) is 14.9. The summed E-state index contributed by atoms with van der Waals surface area (Å²) in [6.07, 6.45) is 1.96. The molecule has 1 fully saturated rings. The topological polar surface area (TPSA) is 51.4 Å². The summed E-state index contributed by atoms with van der Waals surface area (Å²) >= 11 is 0. The first-order valence-corrected chi connectivity index (χ1v) is 8.96. The molecule has 2 aromatic carbocycles. The summed E-state index contributed by atoms with van der Waals surface area (Å²) in [5.74, 6) is 0.314. The van der Waals surface area contributed by atoms with Crippen molar-refractivity contribution in [3.63, 3.8) is 0 Å². The molecule has 1 saturated heterocycles. The van der Waals surface area contributed by atoms with Crippen molar-refractivity contribution in [1.82, 2.24) is 15.0 Å². The van der Waals surface area contributed by atoms with Crippen LogP contribution in [0.5, 0.6) is 5.75 Å². The van der Waals surface area contributed by atoms with Gasteiger partial charge in [-0.15, -0.1) is 0 Å². The van der Waals surface area contributed by atoms with Crippen molar-refractivity contribution in [3.05, 3.63) is 65.8 Å². The number of likely N-dealkylation sites (tertiary alicyclic amines) is 1. The molecular formula is C20H18F3N3O2. The van der Waals surface area contributed by atoms with Gasteiger partial charge in [0.05, 0.1) is 12.1 Å². The Morgan fingerprint density at radius 2 is 1.93 bits per heavy atom. The molecular weight excluding hydrogens is 371 g/mol. The first kappa shape index (κ1) is 18.5. The summed E-state index contributed by atoms with van der Waals surface area (Å²) in [4.78, 5) is 6.54. The average Bonchev–Trinajstić information content (AvgIpc) is 3.33. The van der Waals surface area contributed by atoms with E-state index < -0.39 is 6.61 Å². The molecule has 4 rings (SSSR count). The van der Waals surface area contributed by atoms with Crippen LogP contribution >= 0.6 is 0 Å². The van der Waals surface area contributed by atoms with Crippen LogP contribution in [-0.2, 0) is 6.54 Å². The molecule has 1 unspecified atom stereocenters. The van der Waals surface area contributed by atoms with Crippen molar-refractivity contribution in [3.8, 4) is 17.1 Å². The fourth-order valence-corrected chi connectivity index (χ4v) is 3.53. The van der Waals surface area contributed by atoms with Crippen molar-refractivity contribution in [2.45, 2.75) is 32.0 Å². The van der Waals surface area contributed by atoms with Crippen LogP contribution in [0.25, 0.3) is 11.4 Å². The quantitative estimate of drug-likeness (QED) is 0.605. The number of halogens is 3. The molecule has 5 nitrogen and oxygen atoms in total. The van der Waals surface area contributed by atoms with Gasteiger partial charge in [-0.3, -0.25) is 4.90 Å². The van der Waals surface area contributed by atoms with Gasteiger partial charge in [-0.2, -0.15) is 13.8 Å². The number of alkyl halides is 2. The zero-order valence-electron chi connectivity index (χ0n) is 14.9. The van der Waals surface area contributed by atoms with Gasteiger partial charge >= 0.3 is 6.61 Å². The highest BCUT2D eigenvalue weighted by Gasteiger charge is 2.28. The number of aromatic nitrogens is 2. The lowest BCUT2D eigenvalue weighted by Crippen LogP contribution is -2.22. The molecule has 0 spiro atoms. The highest BCUT2D eigenvalue weighted by atomic mass is 19.3. The van der Waals surface area contributed by atoms with Crippen LogP contribution in [0.1, 0.15) is 30.3 Å². The van der Waals surface area contributed by atoms with E-state index in [0.29, 0.717) is 18.0 Å². The van der Waals surface area contributed by atoms with Crippen LogP contribution in [0.2, 0.25) is 0 Å². The summed E-state index contributed by atoms with van der Waals surface area (Å²) in [5, 5.41) is 3.92. The van der Waals surface area contributed by atoms with Crippen LogP contribution in [0.15, 0.2) is 53.1 Å². The fourth-order valence-electron chi connectivity index (χ4n) is 3.53. The first-order chi connectivity index (χ1) is 13.6. The van der Waals surface area contributed by atoms with Crippen molar-refractivity contribution < 1.29 is 22.4 Å². The molecule has 3 aromatic rings. The molecule has 0 amide bonds. The third-order valence-electron chi connectivity index (χ3n) is 4.77. The first-order valence-electron chi connectivity index (χ1n) is 8.96. The largest absolute Gasteiger partial charge is 0.434 e. The van der Waals surface area contributed by atoms with Gasteiger partial charge in [0.2, 0.25) is 11.7 Å². The SMILES string of the molecule is Fc1ccc(C2CCCN2Cc2nc(-c3ccccc3OC(F)F)no2)cc1. The second-order valence-corrected chi connectivity index (χ2v) is 6.57. The van der Waals surface area contributed by atoms with Crippen LogP contribution in [0, 0.1) is 5.82 Å². The van der Waals surface area contributed by atoms with E-state index >= 15 is 0 Å². The standard InChI is InChI=1S/C20H18F3N3O2/c21-14-9-7-13(8-10-14)16-5-3-11-26(16)12-18-24-19(25-28-18)15-4-1-2-6-17(15)27-20(22)23/h1-2,4,6-10,16,20H,3,5,11-12H2. The van der Waals surface area contributed by atoms with Crippen LogP contribution in [0.3, 0.4) is 0 Å². The molecule has 1 aliphatic heterocycles. The molecule has 1 aliphatic rings. The number of nitrogens with zero attached hydrogens (tertiary/aromatic N) is 3. The molecule has 0 saturated carbocycles. The lowest BCUT2D eigenvalue weighted by molar-refractivity contribution is -0.0494. The fraction of sp³-hybridized carbons (Fsp3) is 0.300. The Morgan fingerprint density at radius 3 is 2.71 bits per heavy atom. The number of ether oxygens (including phenoxy) is 1. The summed E-state index contributed by atoms with van der Waals surface area (Å²) in [5.41, 5.74) is 1.38. The average molecular weight is 389 g/mol. The molecule has 0 bridgehead atoms. The molecule has 0 aliphatic carbocycles. The Hall–Kier alpha value is -2.87. The van der Waals surface area contributed by atoms with E-state index in [-0.39, 0.29) is 23.4 Å². The van der Waals surface area contributed by atoms with E-state index in [1.54, 1.807) is 30.3 Å². The third kappa shape index (κ3) is 4.01. The number of para-hydroxylation sites is 1. The highest BCUT2D eigenvalue weighted by Crippen LogP contribution is 2.34. The van der Waals surface area contributed by atoms with Gasteiger partial charge in [0, 0.05) is 6.04 Å². The second-order valence-electron chi connectivity index (χ2n) is 6.57. The van der Waals surface area contributed by atoms with Gasteiger partial charge in [-0.1, -0.05) is 29.4 Å². The number of hydrogen-bond acceptors (Lipinski definition) is 5. The second kappa shape index (κ2) is 8.02. The number of benzene rings is 2. The van der Waals surface area contributed by atoms with Gasteiger partial charge in [0.15, 0.2) is 0 Å². The van der Waals surface area contributed by atoms with E-state index in [0.717, 1.165) is 24.9 Å². The number of hydrogen-bond donors (Lipinski definition) is 0. The molecule has 0 N–H and O–H groups in total. The van der Waals surface area contributed by atoms with E-state index in [9.17, 15) is 13.2 Å². The highest BCUT2D eigenvalue weighted by molar-refractivity contribution is 5.63. The van der Waals surface area contributed by atoms with Crippen LogP contribution < -0.4 is 4.74 Å². The Bertz CT molecular complexity index is 930. The lowest BCUT2D eigenvalue weighted by Gasteiger charge is -2.23. The predicted molar refractivity (Wildman–Crippen MR) is 95.2 cm³/mol. The molecule has 8 heteroatoms. The predicted octanol–water partition coefficient (Wildman–Crippen LogP) is 4.81. The van der Waals surface area contributed by atoms with E-state index in [1.807, 2.05) is 0 Å². The van der Waals surface area contributed by atoms with Gasteiger partial charge in [-0.25, -0.2) is 4.39 Å². The maximum Gasteiger partial charge on any atom is 0.387 e. The van der Waals surface area contributed by atoms with Crippen molar-refractivity contribution in [1.29, 1.82) is 0 Å². The molecule has 28 heavy (non-hydrogen) atoms. The maximum absolute atomic E-state index is 13.2. The minimum absolute atomic E-state index is 0.00443. The van der Waals surface area contributed by atoms with Crippen LogP contribution in [-0.4, -0.2) is 28.2 Å². The van der Waals surface area contributed by atoms with Gasteiger partial charge < -0.3 is 9.26 Å². The maximum atomic E-state index is 13.2. The van der Waals surface area contributed by atoms with Gasteiger partial charge in [0.1, 0.15) is 11.6 Å². The van der Waals surface area contributed by atoms with Crippen LogP contribution in [0.4, 0.5) is 13.2 Å².